The van der Waals surface area contributed by atoms with E-state index in [-0.39, 0.29) is 0 Å². The van der Waals surface area contributed by atoms with Crippen molar-refractivity contribution in [3.63, 3.8) is 0 Å². The quantitative estimate of drug-likeness (QED) is 0.646. The van der Waals surface area contributed by atoms with Crippen molar-refractivity contribution in [1.82, 2.24) is 0 Å². The summed E-state index contributed by atoms with van der Waals surface area (Å²) in [7, 11) is 0. The molecule has 1 rings (SSSR count). The van der Waals surface area contributed by atoms with Crippen molar-refractivity contribution in [2.45, 2.75) is 53.9 Å². The third-order valence-electron chi connectivity index (χ3n) is 3.63. The summed E-state index contributed by atoms with van der Waals surface area (Å²) >= 11 is 0. The number of hydrogen-bond donors (Lipinski definition) is 0. The second-order valence-corrected chi connectivity index (χ2v) is 5.20. The van der Waals surface area contributed by atoms with Gasteiger partial charge in [-0.3, -0.25) is 4.99 Å². The van der Waals surface area contributed by atoms with Gasteiger partial charge in [-0.1, -0.05) is 27.7 Å². The number of nitrogens with zero attached hydrogens (tertiary/aromatic N) is 1. The molecule has 1 nitrogen and oxygen atoms in total. The van der Waals surface area contributed by atoms with Gasteiger partial charge in [0.15, 0.2) is 0 Å². The highest BCUT2D eigenvalue weighted by molar-refractivity contribution is 5.65. The second kappa shape index (κ2) is 5.48. The number of allylic oxidation sites excluding steroid dienone is 2. The number of hydrogen-bond acceptors (Lipinski definition) is 1. The maximum absolute atomic E-state index is 4.64. The van der Waals surface area contributed by atoms with E-state index in [0.29, 0.717) is 11.8 Å². The predicted molar refractivity (Wildman–Crippen MR) is 68.2 cm³/mol. The van der Waals surface area contributed by atoms with Crippen LogP contribution in [0.15, 0.2) is 16.3 Å². The molecule has 0 aliphatic carbocycles. The summed E-state index contributed by atoms with van der Waals surface area (Å²) in [5, 5.41) is 0. The first kappa shape index (κ1) is 12.5. The molecule has 0 amide bonds. The maximum Gasteiger partial charge on any atom is 0.0392 e. The van der Waals surface area contributed by atoms with E-state index in [2.05, 4.69) is 45.8 Å². The molecule has 86 valence electrons. The maximum atomic E-state index is 4.64. The minimum atomic E-state index is 0.660. The average Bonchev–Trinajstić information content (AvgIpc) is 2.20. The summed E-state index contributed by atoms with van der Waals surface area (Å²) in [5.41, 5.74) is 2.87. The molecule has 2 unspecified atom stereocenters. The highest BCUT2D eigenvalue weighted by Crippen LogP contribution is 2.31. The van der Waals surface area contributed by atoms with E-state index >= 15 is 0 Å². The molecule has 1 heterocycles. The van der Waals surface area contributed by atoms with E-state index in [9.17, 15) is 0 Å². The van der Waals surface area contributed by atoms with Crippen molar-refractivity contribution < 1.29 is 0 Å². The first-order valence-electron chi connectivity index (χ1n) is 6.30. The van der Waals surface area contributed by atoms with Crippen LogP contribution in [0, 0.1) is 17.8 Å². The van der Waals surface area contributed by atoms with Crippen molar-refractivity contribution in [2.75, 3.05) is 0 Å². The first-order chi connectivity index (χ1) is 7.06. The molecule has 2 atom stereocenters. The Morgan fingerprint density at radius 3 is 2.60 bits per heavy atom. The third kappa shape index (κ3) is 3.19. The van der Waals surface area contributed by atoms with Crippen molar-refractivity contribution in [3.8, 4) is 0 Å². The van der Waals surface area contributed by atoms with E-state index in [4.69, 9.17) is 0 Å². The molecule has 0 fully saturated rings. The van der Waals surface area contributed by atoms with Gasteiger partial charge in [0.1, 0.15) is 0 Å². The van der Waals surface area contributed by atoms with Gasteiger partial charge in [0, 0.05) is 17.8 Å². The average molecular weight is 207 g/mol. The fraction of sp³-hybridized carbons (Fsp3) is 0.786. The molecule has 0 bridgehead atoms. The topological polar surface area (TPSA) is 12.4 Å². The third-order valence-corrected chi connectivity index (χ3v) is 3.63. The minimum absolute atomic E-state index is 0.660. The molecule has 1 aliphatic heterocycles. The SMILES string of the molecule is CCC1C=NC(CCC(C)C)=C(C)C1C. The molecule has 15 heavy (non-hydrogen) atoms. The highest BCUT2D eigenvalue weighted by Gasteiger charge is 2.21. The molecule has 0 radical (unpaired) electrons. The lowest BCUT2D eigenvalue weighted by molar-refractivity contribution is 0.489. The number of aliphatic imine (C=N–C) groups is 1. The lowest BCUT2D eigenvalue weighted by Gasteiger charge is -2.26. The van der Waals surface area contributed by atoms with Crippen LogP contribution in [0.2, 0.25) is 0 Å². The standard InChI is InChI=1S/C14H25N/c1-6-13-9-15-14(8-7-10(2)3)12(5)11(13)4/h9-11,13H,6-8H2,1-5H3. The van der Waals surface area contributed by atoms with Crippen molar-refractivity contribution in [3.05, 3.63) is 11.3 Å². The summed E-state index contributed by atoms with van der Waals surface area (Å²) in [5.74, 6) is 2.13. The summed E-state index contributed by atoms with van der Waals surface area (Å²) in [6.45, 7) is 11.4. The van der Waals surface area contributed by atoms with E-state index in [1.165, 1.54) is 24.1 Å². The van der Waals surface area contributed by atoms with Gasteiger partial charge < -0.3 is 0 Å². The normalized spacial score (nSPS) is 26.5. The van der Waals surface area contributed by atoms with Gasteiger partial charge in [0.05, 0.1) is 0 Å². The molecule has 1 heteroatoms. The summed E-state index contributed by atoms with van der Waals surface area (Å²) in [6, 6.07) is 0. The van der Waals surface area contributed by atoms with Crippen LogP contribution in [-0.2, 0) is 0 Å². The Hall–Kier alpha value is -0.590. The van der Waals surface area contributed by atoms with Gasteiger partial charge in [0.2, 0.25) is 0 Å². The Bertz CT molecular complexity index is 261. The Labute approximate surface area is 94.7 Å². The molecule has 0 aromatic rings. The van der Waals surface area contributed by atoms with Gasteiger partial charge in [-0.2, -0.15) is 0 Å². The van der Waals surface area contributed by atoms with Crippen LogP contribution in [-0.4, -0.2) is 6.21 Å². The lowest BCUT2D eigenvalue weighted by Crippen LogP contribution is -2.18. The zero-order chi connectivity index (χ0) is 11.4. The van der Waals surface area contributed by atoms with Crippen LogP contribution in [0.25, 0.3) is 0 Å². The van der Waals surface area contributed by atoms with Crippen LogP contribution >= 0.6 is 0 Å². The monoisotopic (exact) mass is 207 g/mol. The first-order valence-corrected chi connectivity index (χ1v) is 6.30. The van der Waals surface area contributed by atoms with Crippen LogP contribution < -0.4 is 0 Å². The van der Waals surface area contributed by atoms with Gasteiger partial charge in [0.25, 0.3) is 0 Å². The van der Waals surface area contributed by atoms with Crippen molar-refractivity contribution in [1.29, 1.82) is 0 Å². The molecule has 1 aliphatic rings. The van der Waals surface area contributed by atoms with E-state index in [1.54, 1.807) is 0 Å². The fourth-order valence-electron chi connectivity index (χ4n) is 2.15. The number of rotatable bonds is 4. The van der Waals surface area contributed by atoms with Gasteiger partial charge in [-0.15, -0.1) is 0 Å². The van der Waals surface area contributed by atoms with E-state index < -0.39 is 0 Å². The summed E-state index contributed by atoms with van der Waals surface area (Å²) in [4.78, 5) is 4.64. The molecular formula is C14H25N. The predicted octanol–water partition coefficient (Wildman–Crippen LogP) is 4.44. The Morgan fingerprint density at radius 1 is 1.40 bits per heavy atom. The second-order valence-electron chi connectivity index (χ2n) is 5.20. The molecule has 0 saturated heterocycles. The van der Waals surface area contributed by atoms with Crippen molar-refractivity contribution >= 4 is 6.21 Å². The Balaban J connectivity index is 2.65. The molecule has 0 N–H and O–H groups in total. The Kier molecular flexibility index (Phi) is 4.56. The van der Waals surface area contributed by atoms with Crippen molar-refractivity contribution in [2.24, 2.45) is 22.7 Å². The fourth-order valence-corrected chi connectivity index (χ4v) is 2.15. The lowest BCUT2D eigenvalue weighted by atomic mass is 9.83. The summed E-state index contributed by atoms with van der Waals surface area (Å²) < 4.78 is 0. The minimum Gasteiger partial charge on any atom is -0.265 e. The molecular weight excluding hydrogens is 182 g/mol. The molecule has 0 spiro atoms. The molecule has 0 aromatic carbocycles. The van der Waals surface area contributed by atoms with Crippen LogP contribution in [0.1, 0.15) is 53.9 Å². The largest absolute Gasteiger partial charge is 0.265 e. The zero-order valence-electron chi connectivity index (χ0n) is 10.9. The molecule has 0 aromatic heterocycles. The molecule has 0 saturated carbocycles. The van der Waals surface area contributed by atoms with Gasteiger partial charge >= 0.3 is 0 Å². The van der Waals surface area contributed by atoms with Crippen LogP contribution in [0.5, 0.6) is 0 Å². The van der Waals surface area contributed by atoms with Crippen LogP contribution in [0.3, 0.4) is 0 Å². The highest BCUT2D eigenvalue weighted by atomic mass is 14.8. The van der Waals surface area contributed by atoms with Gasteiger partial charge in [-0.05, 0) is 43.6 Å². The van der Waals surface area contributed by atoms with Crippen LogP contribution in [0.4, 0.5) is 0 Å². The van der Waals surface area contributed by atoms with E-state index in [1.807, 2.05) is 0 Å². The zero-order valence-corrected chi connectivity index (χ0v) is 10.9. The summed E-state index contributed by atoms with van der Waals surface area (Å²) in [6.07, 6.45) is 5.79. The van der Waals surface area contributed by atoms with E-state index in [0.717, 1.165) is 12.3 Å². The smallest absolute Gasteiger partial charge is 0.0392 e. The Morgan fingerprint density at radius 2 is 2.07 bits per heavy atom. The van der Waals surface area contributed by atoms with Gasteiger partial charge in [-0.25, -0.2) is 0 Å².